The van der Waals surface area contributed by atoms with Gasteiger partial charge in [0.05, 0.1) is 18.7 Å². The molecule has 0 fully saturated rings. The Morgan fingerprint density at radius 1 is 1.19 bits per heavy atom. The van der Waals surface area contributed by atoms with Crippen LogP contribution in [0.3, 0.4) is 0 Å². The van der Waals surface area contributed by atoms with Crippen molar-refractivity contribution in [2.75, 3.05) is 20.1 Å². The van der Waals surface area contributed by atoms with Gasteiger partial charge in [0.2, 0.25) is 5.91 Å². The highest BCUT2D eigenvalue weighted by atomic mass is 32.1. The van der Waals surface area contributed by atoms with E-state index < -0.39 is 0 Å². The highest BCUT2D eigenvalue weighted by Crippen LogP contribution is 2.18. The summed E-state index contributed by atoms with van der Waals surface area (Å²) in [4.78, 5) is 30.0. The van der Waals surface area contributed by atoms with Gasteiger partial charge in [-0.3, -0.25) is 30.4 Å². The number of carbonyl (C=O) groups is 2. The summed E-state index contributed by atoms with van der Waals surface area (Å²) in [6.07, 6.45) is 1.73. The maximum Gasteiger partial charge on any atom is 0.252 e. The van der Waals surface area contributed by atoms with Crippen molar-refractivity contribution in [3.05, 3.63) is 57.9 Å². The summed E-state index contributed by atoms with van der Waals surface area (Å²) in [7, 11) is 1.84. The third kappa shape index (κ3) is 7.26. The van der Waals surface area contributed by atoms with Gasteiger partial charge in [0.15, 0.2) is 0 Å². The van der Waals surface area contributed by atoms with Crippen LogP contribution in [-0.2, 0) is 22.4 Å². The van der Waals surface area contributed by atoms with Crippen molar-refractivity contribution < 1.29 is 14.0 Å². The molecule has 3 aromatic rings. The van der Waals surface area contributed by atoms with Gasteiger partial charge in [-0.05, 0) is 63.7 Å². The van der Waals surface area contributed by atoms with Crippen molar-refractivity contribution in [2.45, 2.75) is 26.2 Å². The third-order valence-corrected chi connectivity index (χ3v) is 5.46. The lowest BCUT2D eigenvalue weighted by molar-refractivity contribution is -0.129. The van der Waals surface area contributed by atoms with Crippen LogP contribution in [0.15, 0.2) is 35.7 Å². The second-order valence-electron chi connectivity index (χ2n) is 7.28. The molecule has 0 aliphatic carbocycles. The molecule has 3 rings (SSSR count). The first-order chi connectivity index (χ1) is 14.9. The highest BCUT2D eigenvalue weighted by molar-refractivity contribution is 7.09. The van der Waals surface area contributed by atoms with Crippen LogP contribution in [-0.4, -0.2) is 52.0 Å². The first-order valence-corrected chi connectivity index (χ1v) is 10.7. The van der Waals surface area contributed by atoms with Crippen LogP contribution in [0.1, 0.15) is 22.8 Å². The van der Waals surface area contributed by atoms with Gasteiger partial charge in [-0.15, -0.1) is 11.3 Å². The molecule has 0 bridgehead atoms. The fraction of sp³-hybridized carbons (Fsp3) is 0.333. The number of thiazole rings is 1. The predicted octanol–water partition coefficient (Wildman–Crippen LogP) is 2.24. The van der Waals surface area contributed by atoms with Crippen LogP contribution < -0.4 is 10.9 Å². The fourth-order valence-corrected chi connectivity index (χ4v) is 3.74. The molecule has 164 valence electrons. The molecule has 8 nitrogen and oxygen atoms in total. The number of hydrazine groups is 1. The first-order valence-electron chi connectivity index (χ1n) is 9.86. The minimum absolute atomic E-state index is 0.138. The molecule has 0 aliphatic rings. The Balaban J connectivity index is 1.33. The van der Waals surface area contributed by atoms with Crippen LogP contribution in [0, 0.1) is 12.7 Å². The number of nitrogens with one attached hydrogen (secondary N) is 3. The topological polar surface area (TPSA) is 103 Å². The number of aromatic nitrogens is 3. The minimum atomic E-state index is -0.304. The highest BCUT2D eigenvalue weighted by Gasteiger charge is 2.11. The van der Waals surface area contributed by atoms with Gasteiger partial charge in [-0.1, -0.05) is 0 Å². The molecule has 0 saturated heterocycles. The normalized spacial score (nSPS) is 11.0. The van der Waals surface area contributed by atoms with Crippen molar-refractivity contribution in [2.24, 2.45) is 0 Å². The maximum atomic E-state index is 13.0. The summed E-state index contributed by atoms with van der Waals surface area (Å²) in [5, 5.41) is 9.85. The van der Waals surface area contributed by atoms with Crippen molar-refractivity contribution >= 4 is 23.2 Å². The molecule has 0 spiro atoms. The monoisotopic (exact) mass is 444 g/mol. The van der Waals surface area contributed by atoms with Crippen LogP contribution in [0.5, 0.6) is 0 Å². The quantitative estimate of drug-likeness (QED) is 0.439. The Kier molecular flexibility index (Phi) is 7.85. The average Bonchev–Trinajstić information content (AvgIpc) is 3.36. The molecule has 2 aromatic heterocycles. The zero-order valence-corrected chi connectivity index (χ0v) is 18.3. The molecule has 1 aromatic carbocycles. The third-order valence-electron chi connectivity index (χ3n) is 4.49. The number of hydrogen-bond acceptors (Lipinski definition) is 6. The Labute approximate surface area is 183 Å². The second-order valence-corrected chi connectivity index (χ2v) is 8.23. The molecule has 0 radical (unpaired) electrons. The predicted molar refractivity (Wildman–Crippen MR) is 117 cm³/mol. The average molecular weight is 445 g/mol. The van der Waals surface area contributed by atoms with Crippen LogP contribution in [0.4, 0.5) is 4.39 Å². The fourth-order valence-electron chi connectivity index (χ4n) is 2.97. The van der Waals surface area contributed by atoms with E-state index in [1.54, 1.807) is 12.1 Å². The van der Waals surface area contributed by atoms with Crippen LogP contribution >= 0.6 is 11.3 Å². The van der Waals surface area contributed by atoms with Gasteiger partial charge in [-0.25, -0.2) is 9.37 Å². The van der Waals surface area contributed by atoms with Crippen LogP contribution in [0.25, 0.3) is 11.3 Å². The van der Waals surface area contributed by atoms with Gasteiger partial charge in [0.1, 0.15) is 10.8 Å². The molecule has 0 atom stereocenters. The lowest BCUT2D eigenvalue weighted by Gasteiger charge is -2.16. The first kappa shape index (κ1) is 22.6. The number of nitrogens with zero attached hydrogens (tertiary/aromatic N) is 3. The molecule has 0 saturated carbocycles. The zero-order valence-electron chi connectivity index (χ0n) is 17.4. The molecule has 2 heterocycles. The standard InChI is InChI=1S/C21H25FN6O2S/c1-14-13-31-21(23-14)11-19(29)26-27-20(30)12-28(2)9-3-4-17-10-18(25-24-17)15-5-7-16(22)8-6-15/h5-8,10,13H,3-4,9,11-12H2,1-2H3,(H,24,25)(H,26,29)(H,27,30). The summed E-state index contributed by atoms with van der Waals surface area (Å²) in [6, 6.07) is 8.15. The molecule has 0 aliphatic heterocycles. The number of aromatic amines is 1. The van der Waals surface area contributed by atoms with Gasteiger partial charge in [0, 0.05) is 22.3 Å². The molecular formula is C21H25FN6O2S. The van der Waals surface area contributed by atoms with Gasteiger partial charge < -0.3 is 0 Å². The zero-order chi connectivity index (χ0) is 22.2. The van der Waals surface area contributed by atoms with Gasteiger partial charge in [-0.2, -0.15) is 5.10 Å². The molecule has 3 N–H and O–H groups in total. The van der Waals surface area contributed by atoms with Crippen molar-refractivity contribution in [3.63, 3.8) is 0 Å². The van der Waals surface area contributed by atoms with E-state index >= 15 is 0 Å². The molecule has 31 heavy (non-hydrogen) atoms. The minimum Gasteiger partial charge on any atom is -0.298 e. The van der Waals surface area contributed by atoms with Gasteiger partial charge >= 0.3 is 0 Å². The summed E-state index contributed by atoms with van der Waals surface area (Å²) < 4.78 is 13.0. The van der Waals surface area contributed by atoms with E-state index in [4.69, 9.17) is 0 Å². The van der Waals surface area contributed by atoms with E-state index in [1.807, 2.05) is 30.3 Å². The maximum absolute atomic E-state index is 13.0. The summed E-state index contributed by atoms with van der Waals surface area (Å²) in [5.41, 5.74) is 8.31. The van der Waals surface area contributed by atoms with Gasteiger partial charge in [0.25, 0.3) is 5.91 Å². The Morgan fingerprint density at radius 3 is 2.65 bits per heavy atom. The van der Waals surface area contributed by atoms with Crippen molar-refractivity contribution in [1.82, 2.24) is 30.9 Å². The number of H-pyrrole nitrogens is 1. The smallest absolute Gasteiger partial charge is 0.252 e. The van der Waals surface area contributed by atoms with E-state index in [1.165, 1.54) is 23.5 Å². The largest absolute Gasteiger partial charge is 0.298 e. The molecular weight excluding hydrogens is 419 g/mol. The summed E-state index contributed by atoms with van der Waals surface area (Å²) in [6.45, 7) is 2.73. The SMILES string of the molecule is Cc1csc(CC(=O)NNC(=O)CN(C)CCCc2cc(-c3ccc(F)cc3)n[nH]2)n1. The number of rotatable bonds is 9. The van der Waals surface area contributed by atoms with Crippen molar-refractivity contribution in [1.29, 1.82) is 0 Å². The van der Waals surface area contributed by atoms with Crippen molar-refractivity contribution in [3.8, 4) is 11.3 Å². The summed E-state index contributed by atoms with van der Waals surface area (Å²) >= 11 is 1.42. The Hall–Kier alpha value is -3.11. The Bertz CT molecular complexity index is 1020. The van der Waals surface area contributed by atoms with E-state index in [0.29, 0.717) is 11.6 Å². The number of aryl methyl sites for hydroxylation is 2. The molecule has 0 unspecified atom stereocenters. The van der Waals surface area contributed by atoms with E-state index in [2.05, 4.69) is 26.0 Å². The number of carbonyl (C=O) groups excluding carboxylic acids is 2. The van der Waals surface area contributed by atoms with Crippen LogP contribution in [0.2, 0.25) is 0 Å². The molecule has 10 heteroatoms. The lowest BCUT2D eigenvalue weighted by atomic mass is 10.1. The number of benzene rings is 1. The van der Waals surface area contributed by atoms with E-state index in [-0.39, 0.29) is 30.6 Å². The lowest BCUT2D eigenvalue weighted by Crippen LogP contribution is -2.46. The number of halogens is 1. The Morgan fingerprint density at radius 2 is 1.94 bits per heavy atom. The number of hydrogen-bond donors (Lipinski definition) is 3. The number of amides is 2. The number of likely N-dealkylation sites (N-methyl/N-ethyl adjacent to an activating group) is 1. The summed E-state index contributed by atoms with van der Waals surface area (Å²) in [5.74, 6) is -0.867. The molecule has 2 amide bonds. The van der Waals surface area contributed by atoms with E-state index in [9.17, 15) is 14.0 Å². The van der Waals surface area contributed by atoms with E-state index in [0.717, 1.165) is 35.5 Å². The second kappa shape index (κ2) is 10.8.